The van der Waals surface area contributed by atoms with E-state index in [0.717, 1.165) is 11.1 Å². The summed E-state index contributed by atoms with van der Waals surface area (Å²) in [6.45, 7) is 1.69. The summed E-state index contributed by atoms with van der Waals surface area (Å²) in [6.07, 6.45) is -0.511. The van der Waals surface area contributed by atoms with Crippen molar-refractivity contribution in [2.75, 3.05) is 0 Å². The number of ether oxygens (including phenoxy) is 1. The Morgan fingerprint density at radius 2 is 1.94 bits per heavy atom. The van der Waals surface area contributed by atoms with Crippen LogP contribution in [0.5, 0.6) is 11.5 Å². The first-order valence-electron chi connectivity index (χ1n) is 5.65. The zero-order valence-corrected chi connectivity index (χ0v) is 10.00. The second-order valence-corrected chi connectivity index (χ2v) is 3.94. The minimum Gasteiger partial charge on any atom is -0.508 e. The third-order valence-corrected chi connectivity index (χ3v) is 2.53. The Kier molecular flexibility index (Phi) is 3.49. The van der Waals surface area contributed by atoms with E-state index >= 15 is 0 Å². The first-order valence-corrected chi connectivity index (χ1v) is 5.65. The quantitative estimate of drug-likeness (QED) is 0.893. The number of nitrogens with zero attached hydrogens (tertiary/aromatic N) is 1. The lowest BCUT2D eigenvalue weighted by molar-refractivity contribution is 0.277. The number of benzene rings is 2. The van der Waals surface area contributed by atoms with E-state index in [0.29, 0.717) is 5.75 Å². The third-order valence-electron chi connectivity index (χ3n) is 2.53. The summed E-state index contributed by atoms with van der Waals surface area (Å²) in [6, 6.07) is 16.4. The molecule has 90 valence electrons. The second kappa shape index (κ2) is 5.24. The fourth-order valence-corrected chi connectivity index (χ4v) is 1.70. The molecule has 2 rings (SSSR count). The fourth-order valence-electron chi connectivity index (χ4n) is 1.70. The van der Waals surface area contributed by atoms with E-state index in [2.05, 4.69) is 0 Å². The average molecular weight is 239 g/mol. The molecule has 0 spiro atoms. The summed E-state index contributed by atoms with van der Waals surface area (Å²) < 4.78 is 5.55. The summed E-state index contributed by atoms with van der Waals surface area (Å²) in [7, 11) is 0. The molecule has 0 aliphatic heterocycles. The molecule has 3 nitrogen and oxygen atoms in total. The molecule has 0 aromatic heterocycles. The summed E-state index contributed by atoms with van der Waals surface area (Å²) in [5, 5.41) is 18.3. The minimum absolute atomic E-state index is 0.204. The zero-order valence-electron chi connectivity index (χ0n) is 10.00. The normalized spacial score (nSPS) is 11.6. The van der Waals surface area contributed by atoms with Crippen LogP contribution in [0.4, 0.5) is 0 Å². The van der Waals surface area contributed by atoms with Crippen molar-refractivity contribution < 1.29 is 9.84 Å². The van der Waals surface area contributed by atoms with Crippen molar-refractivity contribution in [3.05, 3.63) is 48.5 Å². The van der Waals surface area contributed by atoms with Gasteiger partial charge < -0.3 is 9.84 Å². The number of aromatic hydroxyl groups is 1. The molecule has 0 aliphatic rings. The van der Waals surface area contributed by atoms with E-state index in [4.69, 9.17) is 10.00 Å². The van der Waals surface area contributed by atoms with Crippen molar-refractivity contribution in [3.63, 3.8) is 0 Å². The van der Waals surface area contributed by atoms with Gasteiger partial charge in [-0.05, 0) is 30.7 Å². The molecule has 0 saturated carbocycles. The smallest absolute Gasteiger partial charge is 0.181 e. The van der Waals surface area contributed by atoms with Gasteiger partial charge >= 0.3 is 0 Å². The van der Waals surface area contributed by atoms with Crippen molar-refractivity contribution in [3.8, 4) is 28.7 Å². The molecule has 2 aromatic carbocycles. The molecule has 1 unspecified atom stereocenters. The number of hydrogen-bond acceptors (Lipinski definition) is 3. The number of phenolic OH excluding ortho intramolecular Hbond substituents is 1. The molecular weight excluding hydrogens is 226 g/mol. The first kappa shape index (κ1) is 12.0. The lowest BCUT2D eigenvalue weighted by Crippen LogP contribution is -2.08. The fraction of sp³-hybridized carbons (Fsp3) is 0.133. The van der Waals surface area contributed by atoms with E-state index in [1.807, 2.05) is 36.4 Å². The van der Waals surface area contributed by atoms with Crippen molar-refractivity contribution >= 4 is 0 Å². The van der Waals surface area contributed by atoms with Crippen molar-refractivity contribution in [1.29, 1.82) is 5.26 Å². The Hall–Kier alpha value is -2.47. The van der Waals surface area contributed by atoms with Crippen molar-refractivity contribution in [1.82, 2.24) is 0 Å². The summed E-state index contributed by atoms with van der Waals surface area (Å²) in [5.41, 5.74) is 1.71. The SMILES string of the molecule is CC(C#N)Oc1ccccc1-c1cccc(O)c1. The van der Waals surface area contributed by atoms with Crippen LogP contribution < -0.4 is 4.74 Å². The standard InChI is InChI=1S/C15H13NO2/c1-11(10-16)18-15-8-3-2-7-14(15)12-5-4-6-13(17)9-12/h2-9,11,17H,1H3. The minimum atomic E-state index is -0.511. The van der Waals surface area contributed by atoms with Crippen LogP contribution in [0, 0.1) is 11.3 Å². The van der Waals surface area contributed by atoms with Crippen LogP contribution in [0.1, 0.15) is 6.92 Å². The van der Waals surface area contributed by atoms with Gasteiger partial charge in [0.05, 0.1) is 0 Å². The van der Waals surface area contributed by atoms with Crippen LogP contribution in [-0.4, -0.2) is 11.2 Å². The number of nitriles is 1. The molecule has 1 N–H and O–H groups in total. The Bertz CT molecular complexity index is 587. The predicted molar refractivity (Wildman–Crippen MR) is 69.2 cm³/mol. The highest BCUT2D eigenvalue weighted by atomic mass is 16.5. The van der Waals surface area contributed by atoms with Crippen LogP contribution in [0.2, 0.25) is 0 Å². The highest BCUT2D eigenvalue weighted by Crippen LogP contribution is 2.31. The number of para-hydroxylation sites is 1. The highest BCUT2D eigenvalue weighted by molar-refractivity contribution is 5.71. The maximum Gasteiger partial charge on any atom is 0.181 e. The molecule has 0 fully saturated rings. The maximum absolute atomic E-state index is 9.50. The molecule has 0 radical (unpaired) electrons. The van der Waals surface area contributed by atoms with Gasteiger partial charge in [-0.2, -0.15) is 5.26 Å². The molecule has 0 saturated heterocycles. The van der Waals surface area contributed by atoms with Gasteiger partial charge in [0.2, 0.25) is 0 Å². The Balaban J connectivity index is 2.42. The molecule has 0 heterocycles. The van der Waals surface area contributed by atoms with Crippen LogP contribution in [0.25, 0.3) is 11.1 Å². The summed E-state index contributed by atoms with van der Waals surface area (Å²) in [5.74, 6) is 0.841. The first-order chi connectivity index (χ1) is 8.70. The summed E-state index contributed by atoms with van der Waals surface area (Å²) >= 11 is 0. The molecule has 0 amide bonds. The molecule has 18 heavy (non-hydrogen) atoms. The van der Waals surface area contributed by atoms with Crippen LogP contribution in [0.15, 0.2) is 48.5 Å². The number of hydrogen-bond donors (Lipinski definition) is 1. The van der Waals surface area contributed by atoms with Crippen molar-refractivity contribution in [2.24, 2.45) is 0 Å². The molecule has 0 aliphatic carbocycles. The van der Waals surface area contributed by atoms with Gasteiger partial charge in [-0.1, -0.05) is 30.3 Å². The maximum atomic E-state index is 9.50. The van der Waals surface area contributed by atoms with E-state index in [9.17, 15) is 5.11 Å². The highest BCUT2D eigenvalue weighted by Gasteiger charge is 2.09. The van der Waals surface area contributed by atoms with Crippen molar-refractivity contribution in [2.45, 2.75) is 13.0 Å². The van der Waals surface area contributed by atoms with Crippen LogP contribution >= 0.6 is 0 Å². The largest absolute Gasteiger partial charge is 0.508 e. The van der Waals surface area contributed by atoms with Gasteiger partial charge in [-0.3, -0.25) is 0 Å². The van der Waals surface area contributed by atoms with Crippen LogP contribution in [0.3, 0.4) is 0 Å². The van der Waals surface area contributed by atoms with Gasteiger partial charge in [-0.15, -0.1) is 0 Å². The van der Waals surface area contributed by atoms with Crippen LogP contribution in [-0.2, 0) is 0 Å². The van der Waals surface area contributed by atoms with E-state index < -0.39 is 6.10 Å². The van der Waals surface area contributed by atoms with E-state index in [-0.39, 0.29) is 5.75 Å². The molecule has 2 aromatic rings. The number of rotatable bonds is 3. The Labute approximate surface area is 106 Å². The molecular formula is C15H13NO2. The van der Waals surface area contributed by atoms with Gasteiger partial charge in [-0.25, -0.2) is 0 Å². The molecule has 0 bridgehead atoms. The second-order valence-electron chi connectivity index (χ2n) is 3.94. The Morgan fingerprint density at radius 3 is 2.67 bits per heavy atom. The predicted octanol–water partition coefficient (Wildman–Crippen LogP) is 3.35. The lowest BCUT2D eigenvalue weighted by Gasteiger charge is -2.12. The summed E-state index contributed by atoms with van der Waals surface area (Å²) in [4.78, 5) is 0. The monoisotopic (exact) mass is 239 g/mol. The zero-order chi connectivity index (χ0) is 13.0. The van der Waals surface area contributed by atoms with Gasteiger partial charge in [0, 0.05) is 5.56 Å². The molecule has 3 heteroatoms. The average Bonchev–Trinajstić information content (AvgIpc) is 2.39. The van der Waals surface area contributed by atoms with E-state index in [1.54, 1.807) is 25.1 Å². The van der Waals surface area contributed by atoms with Gasteiger partial charge in [0.25, 0.3) is 0 Å². The number of phenols is 1. The third kappa shape index (κ3) is 2.61. The van der Waals surface area contributed by atoms with Gasteiger partial charge in [0.1, 0.15) is 17.6 Å². The van der Waals surface area contributed by atoms with E-state index in [1.165, 1.54) is 0 Å². The van der Waals surface area contributed by atoms with Gasteiger partial charge in [0.15, 0.2) is 6.10 Å². The lowest BCUT2D eigenvalue weighted by atomic mass is 10.0. The molecule has 1 atom stereocenters. The Morgan fingerprint density at radius 1 is 1.17 bits per heavy atom. The topological polar surface area (TPSA) is 53.2 Å².